The van der Waals surface area contributed by atoms with Crippen molar-refractivity contribution in [2.24, 2.45) is 7.05 Å². The maximum atomic E-state index is 4.21. The molecule has 0 amide bonds. The summed E-state index contributed by atoms with van der Waals surface area (Å²) in [6.07, 6.45) is 6.86. The molecule has 1 aliphatic rings. The van der Waals surface area contributed by atoms with Crippen molar-refractivity contribution in [3.8, 4) is 0 Å². The first-order valence-corrected chi connectivity index (χ1v) is 7.61. The quantitative estimate of drug-likeness (QED) is 0.880. The largest absolute Gasteiger partial charge is 0.314 e. The molecule has 4 nitrogen and oxygen atoms in total. The fourth-order valence-electron chi connectivity index (χ4n) is 2.89. The van der Waals surface area contributed by atoms with E-state index in [1.165, 1.54) is 38.0 Å². The maximum Gasteiger partial charge on any atom is 0.0492 e. The number of likely N-dealkylation sites (tertiary alicyclic amines) is 1. The SMILES string of the molecule is CC(C)N1CCCC(NCCc2ccnn2C)CC1. The molecule has 1 saturated heterocycles. The fraction of sp³-hybridized carbons (Fsp3) is 0.800. The van der Waals surface area contributed by atoms with E-state index in [0.717, 1.165) is 13.0 Å². The minimum absolute atomic E-state index is 0.688. The van der Waals surface area contributed by atoms with Gasteiger partial charge in [-0.3, -0.25) is 4.68 Å². The van der Waals surface area contributed by atoms with E-state index in [1.54, 1.807) is 0 Å². The molecule has 1 N–H and O–H groups in total. The Labute approximate surface area is 117 Å². The molecule has 1 atom stereocenters. The summed E-state index contributed by atoms with van der Waals surface area (Å²) >= 11 is 0. The van der Waals surface area contributed by atoms with Crippen LogP contribution >= 0.6 is 0 Å². The summed E-state index contributed by atoms with van der Waals surface area (Å²) in [6.45, 7) is 8.16. The van der Waals surface area contributed by atoms with Gasteiger partial charge in [-0.2, -0.15) is 5.10 Å². The number of aryl methyl sites for hydroxylation is 1. The molecule has 0 aromatic carbocycles. The molecular formula is C15H28N4. The van der Waals surface area contributed by atoms with Gasteiger partial charge in [-0.15, -0.1) is 0 Å². The van der Waals surface area contributed by atoms with E-state index in [2.05, 4.69) is 35.2 Å². The van der Waals surface area contributed by atoms with Gasteiger partial charge >= 0.3 is 0 Å². The zero-order chi connectivity index (χ0) is 13.7. The van der Waals surface area contributed by atoms with Gasteiger partial charge in [0.1, 0.15) is 0 Å². The van der Waals surface area contributed by atoms with Gasteiger partial charge in [0.25, 0.3) is 0 Å². The van der Waals surface area contributed by atoms with E-state index < -0.39 is 0 Å². The second-order valence-electron chi connectivity index (χ2n) is 5.91. The van der Waals surface area contributed by atoms with Gasteiger partial charge in [-0.1, -0.05) is 0 Å². The van der Waals surface area contributed by atoms with Crippen LogP contribution in [0.2, 0.25) is 0 Å². The van der Waals surface area contributed by atoms with E-state index in [9.17, 15) is 0 Å². The average Bonchev–Trinajstić information content (AvgIpc) is 2.65. The monoisotopic (exact) mass is 264 g/mol. The van der Waals surface area contributed by atoms with Crippen LogP contribution in [-0.2, 0) is 13.5 Å². The van der Waals surface area contributed by atoms with Crippen molar-refractivity contribution in [3.05, 3.63) is 18.0 Å². The molecular weight excluding hydrogens is 236 g/mol. The Hall–Kier alpha value is -0.870. The van der Waals surface area contributed by atoms with Gasteiger partial charge in [0.2, 0.25) is 0 Å². The number of aromatic nitrogens is 2. The number of hydrogen-bond donors (Lipinski definition) is 1. The first kappa shape index (κ1) is 14.5. The van der Waals surface area contributed by atoms with Crippen LogP contribution in [0.5, 0.6) is 0 Å². The Morgan fingerprint density at radius 2 is 2.21 bits per heavy atom. The van der Waals surface area contributed by atoms with E-state index in [1.807, 2.05) is 17.9 Å². The van der Waals surface area contributed by atoms with Crippen molar-refractivity contribution in [3.63, 3.8) is 0 Å². The van der Waals surface area contributed by atoms with Crippen molar-refractivity contribution in [2.75, 3.05) is 19.6 Å². The molecule has 0 spiro atoms. The van der Waals surface area contributed by atoms with Gasteiger partial charge in [0.05, 0.1) is 0 Å². The highest BCUT2D eigenvalue weighted by Crippen LogP contribution is 2.13. The Kier molecular flexibility index (Phi) is 5.40. The highest BCUT2D eigenvalue weighted by molar-refractivity contribution is 5.00. The standard InChI is InChI=1S/C15H28N4/c1-13(2)19-11-4-5-14(8-12-19)16-9-6-15-7-10-17-18(15)3/h7,10,13-14,16H,4-6,8-9,11-12H2,1-3H3. The number of nitrogens with zero attached hydrogens (tertiary/aromatic N) is 3. The maximum absolute atomic E-state index is 4.21. The molecule has 19 heavy (non-hydrogen) atoms. The average molecular weight is 264 g/mol. The first-order chi connectivity index (χ1) is 9.16. The van der Waals surface area contributed by atoms with Gasteiger partial charge < -0.3 is 10.2 Å². The van der Waals surface area contributed by atoms with Crippen LogP contribution in [-0.4, -0.2) is 46.4 Å². The van der Waals surface area contributed by atoms with Crippen LogP contribution in [0, 0.1) is 0 Å². The predicted molar refractivity (Wildman–Crippen MR) is 79.3 cm³/mol. The number of hydrogen-bond acceptors (Lipinski definition) is 3. The second kappa shape index (κ2) is 7.06. The molecule has 0 bridgehead atoms. The van der Waals surface area contributed by atoms with Crippen LogP contribution in [0.15, 0.2) is 12.3 Å². The summed E-state index contributed by atoms with van der Waals surface area (Å²) in [5.74, 6) is 0. The van der Waals surface area contributed by atoms with E-state index in [4.69, 9.17) is 0 Å². The lowest BCUT2D eigenvalue weighted by molar-refractivity contribution is 0.229. The lowest BCUT2D eigenvalue weighted by atomic mass is 10.1. The third-order valence-electron chi connectivity index (χ3n) is 4.23. The second-order valence-corrected chi connectivity index (χ2v) is 5.91. The van der Waals surface area contributed by atoms with Gasteiger partial charge in [-0.05, 0) is 52.3 Å². The molecule has 1 aromatic rings. The molecule has 1 aliphatic heterocycles. The Morgan fingerprint density at radius 1 is 1.37 bits per heavy atom. The summed E-state index contributed by atoms with van der Waals surface area (Å²) in [6, 6.07) is 3.49. The smallest absolute Gasteiger partial charge is 0.0492 e. The summed E-state index contributed by atoms with van der Waals surface area (Å²) in [5.41, 5.74) is 1.31. The van der Waals surface area contributed by atoms with Crippen molar-refractivity contribution in [1.29, 1.82) is 0 Å². The normalized spacial score (nSPS) is 21.8. The predicted octanol–water partition coefficient (Wildman–Crippen LogP) is 1.82. The molecule has 2 heterocycles. The van der Waals surface area contributed by atoms with Gasteiger partial charge in [0, 0.05) is 44.0 Å². The van der Waals surface area contributed by atoms with Crippen molar-refractivity contribution in [2.45, 2.75) is 51.6 Å². The molecule has 0 saturated carbocycles. The third-order valence-corrected chi connectivity index (χ3v) is 4.23. The third kappa shape index (κ3) is 4.32. The van der Waals surface area contributed by atoms with Crippen LogP contribution in [0.4, 0.5) is 0 Å². The lowest BCUT2D eigenvalue weighted by Gasteiger charge is -2.24. The lowest BCUT2D eigenvalue weighted by Crippen LogP contribution is -2.34. The summed E-state index contributed by atoms with van der Waals surface area (Å²) in [7, 11) is 2.02. The minimum Gasteiger partial charge on any atom is -0.314 e. The Morgan fingerprint density at radius 3 is 2.89 bits per heavy atom. The van der Waals surface area contributed by atoms with Crippen LogP contribution < -0.4 is 5.32 Å². The highest BCUT2D eigenvalue weighted by Gasteiger charge is 2.17. The number of rotatable bonds is 5. The van der Waals surface area contributed by atoms with Crippen molar-refractivity contribution < 1.29 is 0 Å². The Bertz CT molecular complexity index is 372. The van der Waals surface area contributed by atoms with Gasteiger partial charge in [-0.25, -0.2) is 0 Å². The molecule has 0 aliphatic carbocycles. The summed E-state index contributed by atoms with van der Waals surface area (Å²) < 4.78 is 1.97. The molecule has 4 heteroatoms. The minimum atomic E-state index is 0.688. The molecule has 1 unspecified atom stereocenters. The fourth-order valence-corrected chi connectivity index (χ4v) is 2.89. The number of nitrogens with one attached hydrogen (secondary N) is 1. The molecule has 1 aromatic heterocycles. The molecule has 108 valence electrons. The van der Waals surface area contributed by atoms with E-state index in [0.29, 0.717) is 12.1 Å². The topological polar surface area (TPSA) is 33.1 Å². The zero-order valence-electron chi connectivity index (χ0n) is 12.6. The van der Waals surface area contributed by atoms with Crippen molar-refractivity contribution in [1.82, 2.24) is 20.0 Å². The van der Waals surface area contributed by atoms with Gasteiger partial charge in [0.15, 0.2) is 0 Å². The van der Waals surface area contributed by atoms with Crippen LogP contribution in [0.1, 0.15) is 38.8 Å². The van der Waals surface area contributed by atoms with Crippen molar-refractivity contribution >= 4 is 0 Å². The summed E-state index contributed by atoms with van der Waals surface area (Å²) in [4.78, 5) is 2.60. The highest BCUT2D eigenvalue weighted by atomic mass is 15.3. The molecule has 2 rings (SSSR count). The Balaban J connectivity index is 1.70. The first-order valence-electron chi connectivity index (χ1n) is 7.61. The summed E-state index contributed by atoms with van der Waals surface area (Å²) in [5, 5.41) is 7.93. The van der Waals surface area contributed by atoms with E-state index >= 15 is 0 Å². The van der Waals surface area contributed by atoms with Crippen LogP contribution in [0.25, 0.3) is 0 Å². The molecule has 1 fully saturated rings. The van der Waals surface area contributed by atoms with E-state index in [-0.39, 0.29) is 0 Å². The molecule has 0 radical (unpaired) electrons. The van der Waals surface area contributed by atoms with Crippen LogP contribution in [0.3, 0.4) is 0 Å². The zero-order valence-corrected chi connectivity index (χ0v) is 12.6.